The van der Waals surface area contributed by atoms with Gasteiger partial charge in [0.25, 0.3) is 5.56 Å². The van der Waals surface area contributed by atoms with Crippen molar-refractivity contribution in [3.63, 3.8) is 0 Å². The van der Waals surface area contributed by atoms with Crippen LogP contribution >= 0.6 is 0 Å². The van der Waals surface area contributed by atoms with E-state index in [9.17, 15) is 9.59 Å². The van der Waals surface area contributed by atoms with Crippen molar-refractivity contribution in [3.8, 4) is 11.3 Å². The quantitative estimate of drug-likeness (QED) is 0.724. The van der Waals surface area contributed by atoms with Crippen molar-refractivity contribution in [3.05, 3.63) is 47.0 Å². The molecule has 2 aromatic heterocycles. The van der Waals surface area contributed by atoms with E-state index < -0.39 is 0 Å². The van der Waals surface area contributed by atoms with Crippen molar-refractivity contribution >= 4 is 5.91 Å². The van der Waals surface area contributed by atoms with Crippen molar-refractivity contribution < 1.29 is 9.53 Å². The summed E-state index contributed by atoms with van der Waals surface area (Å²) in [4.78, 5) is 32.9. The number of carbonyl (C=O) groups excluding carboxylic acids is 1. The molecule has 1 unspecified atom stereocenters. The van der Waals surface area contributed by atoms with E-state index in [0.29, 0.717) is 39.3 Å². The predicted molar refractivity (Wildman–Crippen MR) is 108 cm³/mol. The summed E-state index contributed by atoms with van der Waals surface area (Å²) >= 11 is 0. The number of amides is 1. The number of ether oxygens (including phenoxy) is 1. The van der Waals surface area contributed by atoms with Crippen LogP contribution in [0.1, 0.15) is 19.3 Å². The molecule has 2 fully saturated rings. The molecule has 0 spiro atoms. The molecule has 0 bridgehead atoms. The summed E-state index contributed by atoms with van der Waals surface area (Å²) in [6.07, 6.45) is 6.04. The maximum Gasteiger partial charge on any atom is 0.266 e. The second-order valence-corrected chi connectivity index (χ2v) is 7.55. The number of likely N-dealkylation sites (tertiary alicyclic amines) is 1. The van der Waals surface area contributed by atoms with Gasteiger partial charge in [-0.2, -0.15) is 5.10 Å². The van der Waals surface area contributed by atoms with E-state index in [1.165, 1.54) is 0 Å². The summed E-state index contributed by atoms with van der Waals surface area (Å²) < 4.78 is 6.97. The van der Waals surface area contributed by atoms with Crippen LogP contribution in [0, 0.1) is 0 Å². The fourth-order valence-electron chi connectivity index (χ4n) is 4.06. The number of rotatable bonds is 6. The molecule has 0 aromatic carbocycles. The summed E-state index contributed by atoms with van der Waals surface area (Å²) in [5, 5.41) is 4.58. The topological polar surface area (TPSA) is 80.6 Å². The highest BCUT2D eigenvalue weighted by molar-refractivity contribution is 5.76. The number of nitrogens with zero attached hydrogens (tertiary/aromatic N) is 5. The summed E-state index contributed by atoms with van der Waals surface area (Å²) in [5.41, 5.74) is 1.63. The van der Waals surface area contributed by atoms with Gasteiger partial charge in [0, 0.05) is 49.7 Å². The van der Waals surface area contributed by atoms with Crippen LogP contribution in [0.5, 0.6) is 0 Å². The molecule has 4 heterocycles. The lowest BCUT2D eigenvalue weighted by Gasteiger charge is -2.28. The van der Waals surface area contributed by atoms with Gasteiger partial charge < -0.3 is 9.64 Å². The Labute approximate surface area is 170 Å². The average Bonchev–Trinajstić information content (AvgIpc) is 3.08. The van der Waals surface area contributed by atoms with Crippen molar-refractivity contribution in [1.82, 2.24) is 24.6 Å². The monoisotopic (exact) mass is 397 g/mol. The summed E-state index contributed by atoms with van der Waals surface area (Å²) in [7, 11) is 0. The van der Waals surface area contributed by atoms with Gasteiger partial charge >= 0.3 is 0 Å². The molecule has 8 heteroatoms. The van der Waals surface area contributed by atoms with E-state index in [1.807, 2.05) is 17.0 Å². The predicted octanol–water partition coefficient (Wildman–Crippen LogP) is 1.02. The molecule has 2 aliphatic rings. The standard InChI is InChI=1S/C21H27N5O3/c27-20-7-14-29-15-13-25(20)12-11-24-10-1-2-18(24)16-26-21(28)4-3-19(23-26)17-5-8-22-9-6-17/h3-6,8-9,18H,1-2,7,10-16H2. The Morgan fingerprint density at radius 2 is 1.90 bits per heavy atom. The maximum atomic E-state index is 12.4. The second-order valence-electron chi connectivity index (χ2n) is 7.55. The SMILES string of the molecule is O=C1CCOCCN1CCN1CCCC1Cn1nc(-c2ccncc2)ccc1=O. The fourth-order valence-corrected chi connectivity index (χ4v) is 4.06. The van der Waals surface area contributed by atoms with Gasteiger partial charge in [-0.3, -0.25) is 19.5 Å². The molecule has 2 aromatic rings. The Bertz CT molecular complexity index is 885. The highest BCUT2D eigenvalue weighted by atomic mass is 16.5. The first-order chi connectivity index (χ1) is 14.2. The number of pyridine rings is 1. The number of hydrogen-bond donors (Lipinski definition) is 0. The van der Waals surface area contributed by atoms with Crippen LogP contribution in [0.25, 0.3) is 11.3 Å². The van der Waals surface area contributed by atoms with E-state index in [2.05, 4.69) is 15.0 Å². The molecular weight excluding hydrogens is 370 g/mol. The smallest absolute Gasteiger partial charge is 0.266 e. The van der Waals surface area contributed by atoms with Gasteiger partial charge in [0.1, 0.15) is 0 Å². The number of aromatic nitrogens is 3. The van der Waals surface area contributed by atoms with Gasteiger partial charge in [-0.15, -0.1) is 0 Å². The zero-order valence-electron chi connectivity index (χ0n) is 16.6. The van der Waals surface area contributed by atoms with E-state index >= 15 is 0 Å². The lowest BCUT2D eigenvalue weighted by molar-refractivity contribution is -0.130. The molecule has 1 atom stereocenters. The lowest BCUT2D eigenvalue weighted by Crippen LogP contribution is -2.43. The van der Waals surface area contributed by atoms with Gasteiger partial charge in [-0.1, -0.05) is 0 Å². The first-order valence-corrected chi connectivity index (χ1v) is 10.3. The third kappa shape index (κ3) is 4.89. The Morgan fingerprint density at radius 1 is 1.03 bits per heavy atom. The van der Waals surface area contributed by atoms with Crippen LogP contribution in [0.15, 0.2) is 41.5 Å². The first kappa shape index (κ1) is 19.7. The zero-order valence-corrected chi connectivity index (χ0v) is 16.6. The van der Waals surface area contributed by atoms with Crippen molar-refractivity contribution in [2.24, 2.45) is 0 Å². The van der Waals surface area contributed by atoms with Crippen LogP contribution < -0.4 is 5.56 Å². The van der Waals surface area contributed by atoms with Crippen molar-refractivity contribution in [2.75, 3.05) is 39.4 Å². The molecule has 2 saturated heterocycles. The van der Waals surface area contributed by atoms with Gasteiger partial charge in [-0.25, -0.2) is 4.68 Å². The van der Waals surface area contributed by atoms with Crippen LogP contribution in [0.2, 0.25) is 0 Å². The minimum absolute atomic E-state index is 0.0884. The van der Waals surface area contributed by atoms with E-state index in [4.69, 9.17) is 4.74 Å². The van der Waals surface area contributed by atoms with Crippen molar-refractivity contribution in [2.45, 2.75) is 31.8 Å². The van der Waals surface area contributed by atoms with Gasteiger partial charge in [0.05, 0.1) is 31.9 Å². The Hall–Kier alpha value is -2.58. The van der Waals surface area contributed by atoms with Gasteiger partial charge in [0.15, 0.2) is 0 Å². The molecular formula is C21H27N5O3. The van der Waals surface area contributed by atoms with E-state index in [0.717, 1.165) is 37.2 Å². The number of hydrogen-bond acceptors (Lipinski definition) is 6. The summed E-state index contributed by atoms with van der Waals surface area (Å²) in [6.45, 7) is 4.86. The average molecular weight is 397 g/mol. The zero-order chi connectivity index (χ0) is 20.1. The van der Waals surface area contributed by atoms with Crippen LogP contribution in [0.4, 0.5) is 0 Å². The molecule has 8 nitrogen and oxygen atoms in total. The molecule has 154 valence electrons. The first-order valence-electron chi connectivity index (χ1n) is 10.3. The largest absolute Gasteiger partial charge is 0.379 e. The number of carbonyl (C=O) groups is 1. The van der Waals surface area contributed by atoms with Crippen molar-refractivity contribution in [1.29, 1.82) is 0 Å². The molecule has 0 N–H and O–H groups in total. The molecule has 29 heavy (non-hydrogen) atoms. The molecule has 0 aliphatic carbocycles. The van der Waals surface area contributed by atoms with Crippen LogP contribution in [-0.2, 0) is 16.1 Å². The minimum atomic E-state index is -0.0884. The highest BCUT2D eigenvalue weighted by Crippen LogP contribution is 2.19. The second kappa shape index (κ2) is 9.28. The van der Waals surface area contributed by atoms with E-state index in [-0.39, 0.29) is 17.5 Å². The summed E-state index contributed by atoms with van der Waals surface area (Å²) in [5.74, 6) is 0.168. The summed E-state index contributed by atoms with van der Waals surface area (Å²) in [6, 6.07) is 7.37. The molecule has 2 aliphatic heterocycles. The normalized spacial score (nSPS) is 20.8. The highest BCUT2D eigenvalue weighted by Gasteiger charge is 2.27. The Balaban J connectivity index is 1.42. The Kier molecular flexibility index (Phi) is 6.31. The van der Waals surface area contributed by atoms with Gasteiger partial charge in [-0.05, 0) is 37.6 Å². The third-order valence-corrected chi connectivity index (χ3v) is 5.70. The van der Waals surface area contributed by atoms with Crippen LogP contribution in [0.3, 0.4) is 0 Å². The van der Waals surface area contributed by atoms with Gasteiger partial charge in [0.2, 0.25) is 5.91 Å². The fraction of sp³-hybridized carbons (Fsp3) is 0.524. The molecule has 0 saturated carbocycles. The lowest BCUT2D eigenvalue weighted by atomic mass is 10.2. The van der Waals surface area contributed by atoms with E-state index in [1.54, 1.807) is 29.2 Å². The maximum absolute atomic E-state index is 12.4. The van der Waals surface area contributed by atoms with Crippen LogP contribution in [-0.4, -0.2) is 75.9 Å². The Morgan fingerprint density at radius 3 is 2.76 bits per heavy atom. The molecule has 0 radical (unpaired) electrons. The molecule has 4 rings (SSSR count). The third-order valence-electron chi connectivity index (χ3n) is 5.70. The molecule has 1 amide bonds. The minimum Gasteiger partial charge on any atom is -0.379 e.